The number of unbranched alkanes of at least 4 members (excludes halogenated alkanes) is 1. The largest absolute Gasteiger partial charge is 0.286 e. The van der Waals surface area contributed by atoms with E-state index < -0.39 is 10.1 Å². The number of halogens is 1. The van der Waals surface area contributed by atoms with Gasteiger partial charge in [-0.1, -0.05) is 13.3 Å². The third-order valence-electron chi connectivity index (χ3n) is 0.756. The van der Waals surface area contributed by atoms with Crippen LogP contribution >= 0.6 is 0 Å². The van der Waals surface area contributed by atoms with E-state index in [4.69, 9.17) is 4.55 Å². The highest BCUT2D eigenvalue weighted by Gasteiger charge is 2.00. The third-order valence-corrected chi connectivity index (χ3v) is 1.56. The summed E-state index contributed by atoms with van der Waals surface area (Å²) in [5.41, 5.74) is 0. The van der Waals surface area contributed by atoms with Crippen LogP contribution in [0.4, 0.5) is 4.70 Å². The van der Waals surface area contributed by atoms with Crippen LogP contribution in [0, 0.1) is 0 Å². The van der Waals surface area contributed by atoms with E-state index in [0.717, 1.165) is 6.42 Å². The van der Waals surface area contributed by atoms with Gasteiger partial charge in [0, 0.05) is 0 Å². The predicted molar refractivity (Wildman–Crippen MR) is 33.8 cm³/mol. The summed E-state index contributed by atoms with van der Waals surface area (Å²) in [5, 5.41) is 0. The maximum Gasteiger partial charge on any atom is 0.264 e. The van der Waals surface area contributed by atoms with Crippen LogP contribution in [0.25, 0.3) is 0 Å². The molecule has 9 heavy (non-hydrogen) atoms. The molecule has 0 fully saturated rings. The van der Waals surface area contributed by atoms with Crippen molar-refractivity contribution in [3.63, 3.8) is 0 Å². The van der Waals surface area contributed by atoms with Crippen molar-refractivity contribution in [2.24, 2.45) is 0 Å². The molecule has 0 rings (SSSR count). The lowest BCUT2D eigenvalue weighted by Crippen LogP contribution is -2.02. The van der Waals surface area contributed by atoms with E-state index in [9.17, 15) is 8.42 Å². The number of rotatable bonds is 3. The average Bonchev–Trinajstić information content (AvgIpc) is 1.59. The smallest absolute Gasteiger partial charge is 0.264 e. The number of hydrogen-bond acceptors (Lipinski definition) is 2. The lowest BCUT2D eigenvalue weighted by Gasteiger charge is -1.90. The second-order valence-corrected chi connectivity index (χ2v) is 3.21. The lowest BCUT2D eigenvalue weighted by atomic mass is 10.4. The van der Waals surface area contributed by atoms with Crippen LogP contribution in [0.1, 0.15) is 19.8 Å². The maximum absolute atomic E-state index is 9.95. The minimum absolute atomic E-state index is 0. The van der Waals surface area contributed by atoms with E-state index in [0.29, 0.717) is 6.42 Å². The van der Waals surface area contributed by atoms with E-state index in [1.54, 1.807) is 0 Å². The van der Waals surface area contributed by atoms with Crippen molar-refractivity contribution in [2.75, 3.05) is 5.75 Å². The Morgan fingerprint density at radius 3 is 2.00 bits per heavy atom. The first kappa shape index (κ1) is 11.6. The van der Waals surface area contributed by atoms with E-state index in [1.807, 2.05) is 6.92 Å². The molecular weight excluding hydrogens is 147 g/mol. The summed E-state index contributed by atoms with van der Waals surface area (Å²) < 4.78 is 28.0. The van der Waals surface area contributed by atoms with Gasteiger partial charge in [0.2, 0.25) is 0 Å². The molecule has 58 valence electrons. The zero-order chi connectivity index (χ0) is 6.62. The highest BCUT2D eigenvalue weighted by atomic mass is 32.2. The minimum atomic E-state index is -3.69. The Morgan fingerprint density at radius 2 is 1.89 bits per heavy atom. The second kappa shape index (κ2) is 4.69. The number of hydrogen-bond donors (Lipinski definition) is 1. The zero-order valence-electron chi connectivity index (χ0n) is 5.20. The Morgan fingerprint density at radius 1 is 1.44 bits per heavy atom. The molecule has 1 N–H and O–H groups in total. The fourth-order valence-corrected chi connectivity index (χ4v) is 0.980. The van der Waals surface area contributed by atoms with Crippen molar-refractivity contribution in [1.82, 2.24) is 0 Å². The molecule has 0 unspecified atom stereocenters. The summed E-state index contributed by atoms with van der Waals surface area (Å²) in [5.74, 6) is -0.108. The molecule has 0 bridgehead atoms. The van der Waals surface area contributed by atoms with Gasteiger partial charge < -0.3 is 0 Å². The molecule has 0 aliphatic carbocycles. The van der Waals surface area contributed by atoms with Crippen molar-refractivity contribution < 1.29 is 17.7 Å². The van der Waals surface area contributed by atoms with Gasteiger partial charge in [-0.15, -0.1) is 0 Å². The highest BCUT2D eigenvalue weighted by Crippen LogP contribution is 1.90. The third kappa shape index (κ3) is 11.4. The molecule has 0 radical (unpaired) electrons. The molecule has 0 aromatic heterocycles. The molecule has 0 spiro atoms. The van der Waals surface area contributed by atoms with Crippen molar-refractivity contribution >= 4 is 10.1 Å². The molecule has 0 aromatic carbocycles. The van der Waals surface area contributed by atoms with Gasteiger partial charge in [-0.2, -0.15) is 8.42 Å². The lowest BCUT2D eigenvalue weighted by molar-refractivity contribution is 0.480. The van der Waals surface area contributed by atoms with Gasteiger partial charge in [0.25, 0.3) is 10.1 Å². The predicted octanol–water partition coefficient (Wildman–Crippen LogP) is 0.827. The first-order valence-corrected chi connectivity index (χ1v) is 4.12. The normalized spacial score (nSPS) is 10.4. The summed E-state index contributed by atoms with van der Waals surface area (Å²) in [6, 6.07) is 0. The molecule has 0 aliphatic heterocycles. The molecule has 0 atom stereocenters. The van der Waals surface area contributed by atoms with Crippen LogP contribution in [0.5, 0.6) is 0 Å². The Balaban J connectivity index is 0. The van der Waals surface area contributed by atoms with Crippen LogP contribution < -0.4 is 0 Å². The van der Waals surface area contributed by atoms with E-state index in [-0.39, 0.29) is 10.5 Å². The first-order chi connectivity index (χ1) is 3.56. The maximum atomic E-state index is 9.95. The summed E-state index contributed by atoms with van der Waals surface area (Å²) >= 11 is 0. The Labute approximate surface area is 54.2 Å². The summed E-state index contributed by atoms with van der Waals surface area (Å²) in [6.07, 6.45) is 1.33. The second-order valence-electron chi connectivity index (χ2n) is 1.64. The van der Waals surface area contributed by atoms with Crippen LogP contribution in [-0.4, -0.2) is 18.7 Å². The molecule has 3 nitrogen and oxygen atoms in total. The molecule has 0 aromatic rings. The molecule has 0 aliphatic rings. The topological polar surface area (TPSA) is 54.4 Å². The fraction of sp³-hybridized carbons (Fsp3) is 1.00. The molecule has 0 saturated carbocycles. The fourth-order valence-electron chi connectivity index (χ4n) is 0.327. The van der Waals surface area contributed by atoms with Crippen molar-refractivity contribution in [3.05, 3.63) is 0 Å². The van der Waals surface area contributed by atoms with Crippen LogP contribution in [0.3, 0.4) is 0 Å². The standard InChI is InChI=1S/C4H10O3S.FH/c1-2-3-4-8(5,6)7;/h2-4H2,1H3,(H,5,6,7);1H. The minimum Gasteiger partial charge on any atom is -0.286 e. The van der Waals surface area contributed by atoms with Crippen molar-refractivity contribution in [2.45, 2.75) is 19.8 Å². The molecule has 0 heterocycles. The molecule has 0 amide bonds. The summed E-state index contributed by atoms with van der Waals surface area (Å²) in [4.78, 5) is 0. The van der Waals surface area contributed by atoms with E-state index >= 15 is 0 Å². The first-order valence-electron chi connectivity index (χ1n) is 2.51. The summed E-state index contributed by atoms with van der Waals surface area (Å²) in [7, 11) is -3.69. The van der Waals surface area contributed by atoms with Crippen LogP contribution in [-0.2, 0) is 10.1 Å². The van der Waals surface area contributed by atoms with Gasteiger partial charge in [0.05, 0.1) is 5.75 Å². The SMILES string of the molecule is CCCCS(=O)(=O)O.F. The van der Waals surface area contributed by atoms with Gasteiger partial charge in [0.1, 0.15) is 0 Å². The van der Waals surface area contributed by atoms with Gasteiger partial charge in [0.15, 0.2) is 0 Å². The van der Waals surface area contributed by atoms with Gasteiger partial charge in [-0.25, -0.2) is 0 Å². The van der Waals surface area contributed by atoms with Crippen molar-refractivity contribution in [1.29, 1.82) is 0 Å². The molecule has 5 heteroatoms. The van der Waals surface area contributed by atoms with E-state index in [1.165, 1.54) is 0 Å². The monoisotopic (exact) mass is 158 g/mol. The van der Waals surface area contributed by atoms with Gasteiger partial charge in [-0.3, -0.25) is 9.26 Å². The molecular formula is C4H11FO3S. The van der Waals surface area contributed by atoms with Crippen LogP contribution in [0.2, 0.25) is 0 Å². The molecule has 0 saturated heterocycles. The average molecular weight is 158 g/mol. The van der Waals surface area contributed by atoms with Crippen molar-refractivity contribution in [3.8, 4) is 0 Å². The van der Waals surface area contributed by atoms with Gasteiger partial charge in [-0.05, 0) is 6.42 Å². The zero-order valence-corrected chi connectivity index (χ0v) is 6.02. The Kier molecular flexibility index (Phi) is 6.06. The Hall–Kier alpha value is -0.160. The Bertz CT molecular complexity index is 140. The van der Waals surface area contributed by atoms with Gasteiger partial charge >= 0.3 is 0 Å². The summed E-state index contributed by atoms with van der Waals surface area (Å²) in [6.45, 7) is 1.87. The quantitative estimate of drug-likeness (QED) is 0.619. The van der Waals surface area contributed by atoms with Crippen LogP contribution in [0.15, 0.2) is 0 Å². The van der Waals surface area contributed by atoms with E-state index in [2.05, 4.69) is 0 Å². The highest BCUT2D eigenvalue weighted by molar-refractivity contribution is 7.85.